The standard InChI is InChI=1S/C21H20ClN3O/c1-26-17-8-4-7-16-18(17)23-21(22)24-20(16)25-12-11-13-5-2-3-6-15(13)19(25)14-9-10-14/h2-8,14,19H,9-12H2,1H3. The van der Waals surface area contributed by atoms with Gasteiger partial charge in [-0.2, -0.15) is 4.98 Å². The largest absolute Gasteiger partial charge is 0.494 e. The van der Waals surface area contributed by atoms with E-state index < -0.39 is 0 Å². The third-order valence-corrected chi connectivity index (χ3v) is 5.70. The second kappa shape index (κ2) is 6.13. The van der Waals surface area contributed by atoms with Crippen LogP contribution in [-0.4, -0.2) is 23.6 Å². The van der Waals surface area contributed by atoms with Crippen molar-refractivity contribution in [3.8, 4) is 5.75 Å². The van der Waals surface area contributed by atoms with E-state index in [0.29, 0.717) is 12.0 Å². The summed E-state index contributed by atoms with van der Waals surface area (Å²) in [4.78, 5) is 11.5. The van der Waals surface area contributed by atoms with Crippen LogP contribution in [0.5, 0.6) is 5.75 Å². The topological polar surface area (TPSA) is 38.2 Å². The van der Waals surface area contributed by atoms with Crippen LogP contribution in [0, 0.1) is 5.92 Å². The highest BCUT2D eigenvalue weighted by atomic mass is 35.5. The van der Waals surface area contributed by atoms with Crippen molar-refractivity contribution in [1.82, 2.24) is 9.97 Å². The average molecular weight is 366 g/mol. The van der Waals surface area contributed by atoms with Crippen molar-refractivity contribution < 1.29 is 4.74 Å². The van der Waals surface area contributed by atoms with Crippen molar-refractivity contribution in [3.05, 3.63) is 58.9 Å². The smallest absolute Gasteiger partial charge is 0.225 e. The van der Waals surface area contributed by atoms with E-state index in [1.165, 1.54) is 24.0 Å². The fourth-order valence-corrected chi connectivity index (χ4v) is 4.39. The predicted octanol–water partition coefficient (Wildman–Crippen LogP) is 4.81. The van der Waals surface area contributed by atoms with Crippen LogP contribution in [0.25, 0.3) is 10.9 Å². The summed E-state index contributed by atoms with van der Waals surface area (Å²) < 4.78 is 5.50. The molecule has 0 saturated heterocycles. The summed E-state index contributed by atoms with van der Waals surface area (Å²) in [6.07, 6.45) is 3.57. The summed E-state index contributed by atoms with van der Waals surface area (Å²) in [6.45, 7) is 0.942. The Balaban J connectivity index is 1.70. The van der Waals surface area contributed by atoms with Gasteiger partial charge in [0.2, 0.25) is 5.28 Å². The van der Waals surface area contributed by atoms with E-state index in [0.717, 1.165) is 35.4 Å². The van der Waals surface area contributed by atoms with Gasteiger partial charge >= 0.3 is 0 Å². The van der Waals surface area contributed by atoms with E-state index >= 15 is 0 Å². The van der Waals surface area contributed by atoms with Gasteiger partial charge in [-0.05, 0) is 60.0 Å². The molecular formula is C21H20ClN3O. The van der Waals surface area contributed by atoms with Crippen molar-refractivity contribution in [2.24, 2.45) is 5.92 Å². The maximum absolute atomic E-state index is 6.31. The molecule has 5 rings (SSSR count). The molecule has 2 aliphatic rings. The Morgan fingerprint density at radius 3 is 2.73 bits per heavy atom. The Bertz CT molecular complexity index is 986. The highest BCUT2D eigenvalue weighted by Gasteiger charge is 2.40. The highest BCUT2D eigenvalue weighted by Crippen LogP contribution is 2.49. The third-order valence-electron chi connectivity index (χ3n) is 5.53. The quantitative estimate of drug-likeness (QED) is 0.624. The SMILES string of the molecule is COc1cccc2c(N3CCc4ccccc4C3C3CC3)nc(Cl)nc12. The van der Waals surface area contributed by atoms with E-state index in [1.807, 2.05) is 12.1 Å². The number of anilines is 1. The number of fused-ring (bicyclic) bond motifs is 2. The molecule has 2 heterocycles. The molecule has 0 N–H and O–H groups in total. The molecule has 0 bridgehead atoms. The number of para-hydroxylation sites is 1. The second-order valence-electron chi connectivity index (χ2n) is 7.10. The molecule has 1 aliphatic heterocycles. The molecule has 132 valence electrons. The molecule has 1 unspecified atom stereocenters. The Morgan fingerprint density at radius 1 is 1.08 bits per heavy atom. The minimum atomic E-state index is 0.269. The van der Waals surface area contributed by atoms with Crippen LogP contribution in [0.2, 0.25) is 5.28 Å². The van der Waals surface area contributed by atoms with Gasteiger partial charge in [-0.3, -0.25) is 0 Å². The molecule has 26 heavy (non-hydrogen) atoms. The molecule has 3 aromatic rings. The second-order valence-corrected chi connectivity index (χ2v) is 7.44. The van der Waals surface area contributed by atoms with Crippen molar-refractivity contribution in [1.29, 1.82) is 0 Å². The molecule has 4 nitrogen and oxygen atoms in total. The normalized spacial score (nSPS) is 19.5. The minimum absolute atomic E-state index is 0.269. The lowest BCUT2D eigenvalue weighted by Gasteiger charge is -2.39. The fraction of sp³-hybridized carbons (Fsp3) is 0.333. The summed E-state index contributed by atoms with van der Waals surface area (Å²) in [7, 11) is 1.66. The van der Waals surface area contributed by atoms with E-state index in [-0.39, 0.29) is 5.28 Å². The first-order chi connectivity index (χ1) is 12.8. The first kappa shape index (κ1) is 15.9. The minimum Gasteiger partial charge on any atom is -0.494 e. The maximum Gasteiger partial charge on any atom is 0.225 e. The number of benzene rings is 2. The zero-order valence-electron chi connectivity index (χ0n) is 14.7. The van der Waals surface area contributed by atoms with Crippen LogP contribution in [-0.2, 0) is 6.42 Å². The lowest BCUT2D eigenvalue weighted by molar-refractivity contribution is 0.419. The van der Waals surface area contributed by atoms with Gasteiger partial charge in [0.1, 0.15) is 17.1 Å². The van der Waals surface area contributed by atoms with Gasteiger partial charge in [0.25, 0.3) is 0 Å². The van der Waals surface area contributed by atoms with Gasteiger partial charge in [0, 0.05) is 11.9 Å². The Kier molecular flexibility index (Phi) is 3.75. The number of methoxy groups -OCH3 is 1. The fourth-order valence-electron chi connectivity index (χ4n) is 4.22. The van der Waals surface area contributed by atoms with E-state index in [9.17, 15) is 0 Å². The predicted molar refractivity (Wildman–Crippen MR) is 104 cm³/mol. The Hall–Kier alpha value is -2.33. The Morgan fingerprint density at radius 2 is 1.92 bits per heavy atom. The van der Waals surface area contributed by atoms with E-state index in [4.69, 9.17) is 16.3 Å². The number of rotatable bonds is 3. The molecular weight excluding hydrogens is 346 g/mol. The van der Waals surface area contributed by atoms with E-state index in [1.54, 1.807) is 7.11 Å². The highest BCUT2D eigenvalue weighted by molar-refractivity contribution is 6.29. The number of aromatic nitrogens is 2. The molecule has 5 heteroatoms. The Labute approximate surface area is 157 Å². The van der Waals surface area contributed by atoms with Crippen LogP contribution in [0.4, 0.5) is 5.82 Å². The van der Waals surface area contributed by atoms with Crippen molar-refractivity contribution in [3.63, 3.8) is 0 Å². The molecule has 0 amide bonds. The number of hydrogen-bond donors (Lipinski definition) is 0. The van der Waals surface area contributed by atoms with Gasteiger partial charge in [0.15, 0.2) is 0 Å². The van der Waals surface area contributed by atoms with Crippen molar-refractivity contribution in [2.75, 3.05) is 18.6 Å². The molecule has 1 atom stereocenters. The van der Waals surface area contributed by atoms with Crippen LogP contribution >= 0.6 is 11.6 Å². The number of nitrogens with zero attached hydrogens (tertiary/aromatic N) is 3. The summed E-state index contributed by atoms with van der Waals surface area (Å²) >= 11 is 6.31. The summed E-state index contributed by atoms with van der Waals surface area (Å²) in [5.74, 6) is 2.34. The molecule has 1 fully saturated rings. The van der Waals surface area contributed by atoms with Crippen molar-refractivity contribution >= 4 is 28.3 Å². The van der Waals surface area contributed by atoms with Crippen LogP contribution in [0.1, 0.15) is 30.0 Å². The van der Waals surface area contributed by atoms with Gasteiger partial charge in [-0.25, -0.2) is 4.98 Å². The van der Waals surface area contributed by atoms with Crippen molar-refractivity contribution in [2.45, 2.75) is 25.3 Å². The van der Waals surface area contributed by atoms with Gasteiger partial charge in [-0.1, -0.05) is 30.3 Å². The zero-order valence-corrected chi connectivity index (χ0v) is 15.4. The average Bonchev–Trinajstić information content (AvgIpc) is 3.51. The zero-order chi connectivity index (χ0) is 17.7. The molecule has 1 saturated carbocycles. The summed E-state index contributed by atoms with van der Waals surface area (Å²) in [5, 5.41) is 1.27. The molecule has 1 aromatic heterocycles. The molecule has 2 aromatic carbocycles. The monoisotopic (exact) mass is 365 g/mol. The van der Waals surface area contributed by atoms with Crippen LogP contribution in [0.15, 0.2) is 42.5 Å². The lowest BCUT2D eigenvalue weighted by atomic mass is 9.89. The third kappa shape index (κ3) is 2.52. The lowest BCUT2D eigenvalue weighted by Crippen LogP contribution is -2.37. The van der Waals surface area contributed by atoms with Crippen LogP contribution in [0.3, 0.4) is 0 Å². The first-order valence-electron chi connectivity index (χ1n) is 9.11. The number of ether oxygens (including phenoxy) is 1. The van der Waals surface area contributed by atoms with Gasteiger partial charge in [0.05, 0.1) is 13.2 Å². The molecule has 0 radical (unpaired) electrons. The summed E-state index contributed by atoms with van der Waals surface area (Å²) in [5.41, 5.74) is 3.67. The summed E-state index contributed by atoms with van der Waals surface area (Å²) in [6, 6.07) is 15.2. The van der Waals surface area contributed by atoms with Crippen LogP contribution < -0.4 is 9.64 Å². The maximum atomic E-state index is 6.31. The first-order valence-corrected chi connectivity index (χ1v) is 9.49. The number of hydrogen-bond acceptors (Lipinski definition) is 4. The van der Waals surface area contributed by atoms with Gasteiger partial charge < -0.3 is 9.64 Å². The molecule has 0 spiro atoms. The number of halogens is 1. The molecule has 1 aliphatic carbocycles. The van der Waals surface area contributed by atoms with E-state index in [2.05, 4.69) is 45.2 Å². The van der Waals surface area contributed by atoms with Gasteiger partial charge in [-0.15, -0.1) is 0 Å².